The van der Waals surface area contributed by atoms with Gasteiger partial charge in [0.2, 0.25) is 5.16 Å². The Kier molecular flexibility index (Phi) is 3.89. The number of benzene rings is 1. The number of tetrazole rings is 1. The molecule has 2 rings (SSSR count). The van der Waals surface area contributed by atoms with Gasteiger partial charge in [-0.25, -0.2) is 0 Å². The van der Waals surface area contributed by atoms with E-state index < -0.39 is 6.23 Å². The Hall–Kier alpha value is -1.66. The Bertz CT molecular complexity index is 485. The summed E-state index contributed by atoms with van der Waals surface area (Å²) in [6.45, 7) is 3.45. The van der Waals surface area contributed by atoms with Gasteiger partial charge < -0.3 is 5.11 Å². The van der Waals surface area contributed by atoms with Crippen molar-refractivity contribution in [2.45, 2.75) is 17.1 Å². The third-order valence-electron chi connectivity index (χ3n) is 2.07. The van der Waals surface area contributed by atoms with E-state index in [2.05, 4.69) is 22.0 Å². The maximum absolute atomic E-state index is 9.40. The lowest BCUT2D eigenvalue weighted by Crippen LogP contribution is -2.08. The molecule has 1 aromatic heterocycles. The van der Waals surface area contributed by atoms with Crippen LogP contribution >= 0.6 is 11.8 Å². The second-order valence-corrected chi connectivity index (χ2v) is 4.26. The van der Waals surface area contributed by atoms with Crippen LogP contribution in [-0.4, -0.2) is 25.3 Å². The highest BCUT2D eigenvalue weighted by atomic mass is 32.2. The molecule has 6 heteroatoms. The number of hydrogen-bond donors (Lipinski definition) is 1. The predicted molar refractivity (Wildman–Crippen MR) is 65.3 cm³/mol. The molecular formula is C11H12N4OS. The fraction of sp³-hybridized carbons (Fsp3) is 0.182. The summed E-state index contributed by atoms with van der Waals surface area (Å²) in [5.41, 5.74) is 1.19. The first-order chi connectivity index (χ1) is 8.29. The van der Waals surface area contributed by atoms with Crippen LogP contribution in [0.3, 0.4) is 0 Å². The van der Waals surface area contributed by atoms with Crippen molar-refractivity contribution in [2.24, 2.45) is 0 Å². The quantitative estimate of drug-likeness (QED) is 0.643. The minimum atomic E-state index is -0.923. The SMILES string of the molecule is C=CC(O)n1nnc(SCc2ccccc2)n1. The van der Waals surface area contributed by atoms with Gasteiger partial charge in [-0.3, -0.25) is 0 Å². The van der Waals surface area contributed by atoms with E-state index in [4.69, 9.17) is 0 Å². The van der Waals surface area contributed by atoms with Gasteiger partial charge in [-0.1, -0.05) is 48.7 Å². The van der Waals surface area contributed by atoms with Crippen LogP contribution in [-0.2, 0) is 5.75 Å². The first-order valence-corrected chi connectivity index (χ1v) is 6.05. The average Bonchev–Trinajstić information content (AvgIpc) is 2.85. The van der Waals surface area contributed by atoms with Crippen molar-refractivity contribution in [3.63, 3.8) is 0 Å². The zero-order valence-corrected chi connectivity index (χ0v) is 9.92. The summed E-state index contributed by atoms with van der Waals surface area (Å²) in [5.74, 6) is 0.775. The summed E-state index contributed by atoms with van der Waals surface area (Å²) >= 11 is 1.47. The summed E-state index contributed by atoms with van der Waals surface area (Å²) in [6.07, 6.45) is 0.418. The van der Waals surface area contributed by atoms with Crippen molar-refractivity contribution in [1.29, 1.82) is 0 Å². The van der Waals surface area contributed by atoms with E-state index in [1.54, 1.807) is 0 Å². The van der Waals surface area contributed by atoms with E-state index in [1.807, 2.05) is 30.3 Å². The van der Waals surface area contributed by atoms with Crippen molar-refractivity contribution >= 4 is 11.8 Å². The molecule has 0 spiro atoms. The number of rotatable bonds is 5. The van der Waals surface area contributed by atoms with Crippen molar-refractivity contribution in [1.82, 2.24) is 20.2 Å². The van der Waals surface area contributed by atoms with Gasteiger partial charge in [0.15, 0.2) is 6.23 Å². The minimum Gasteiger partial charge on any atom is -0.367 e. The fourth-order valence-electron chi connectivity index (χ4n) is 1.20. The molecule has 1 unspecified atom stereocenters. The number of thioether (sulfide) groups is 1. The van der Waals surface area contributed by atoms with Gasteiger partial charge >= 0.3 is 0 Å². The third-order valence-corrected chi connectivity index (χ3v) is 2.97. The second kappa shape index (κ2) is 5.60. The Morgan fingerprint density at radius 1 is 1.41 bits per heavy atom. The standard InChI is InChI=1S/C11H12N4OS/c1-2-10(16)15-13-11(12-14-15)17-8-9-6-4-3-5-7-9/h2-7,10,16H,1,8H2. The maximum Gasteiger partial charge on any atom is 0.231 e. The Labute approximate surface area is 103 Å². The molecule has 0 fully saturated rings. The van der Waals surface area contributed by atoms with Crippen LogP contribution in [0.2, 0.25) is 0 Å². The molecule has 17 heavy (non-hydrogen) atoms. The number of aromatic nitrogens is 4. The number of aliphatic hydroxyl groups is 1. The van der Waals surface area contributed by atoms with Crippen molar-refractivity contribution in [3.05, 3.63) is 48.6 Å². The van der Waals surface area contributed by atoms with Gasteiger partial charge in [0.25, 0.3) is 0 Å². The van der Waals surface area contributed by atoms with Crippen molar-refractivity contribution in [2.75, 3.05) is 0 Å². The van der Waals surface area contributed by atoms with Crippen molar-refractivity contribution < 1.29 is 5.11 Å². The molecular weight excluding hydrogens is 236 g/mol. The molecule has 0 bridgehead atoms. The Morgan fingerprint density at radius 2 is 2.18 bits per heavy atom. The highest BCUT2D eigenvalue weighted by Crippen LogP contribution is 2.18. The highest BCUT2D eigenvalue weighted by Gasteiger charge is 2.08. The average molecular weight is 248 g/mol. The van der Waals surface area contributed by atoms with Crippen LogP contribution in [0, 0.1) is 0 Å². The molecule has 0 radical (unpaired) electrons. The molecule has 0 saturated heterocycles. The van der Waals surface area contributed by atoms with E-state index in [-0.39, 0.29) is 0 Å². The number of nitrogens with zero attached hydrogens (tertiary/aromatic N) is 4. The molecule has 1 heterocycles. The molecule has 88 valence electrons. The summed E-state index contributed by atoms with van der Waals surface area (Å²) in [6, 6.07) is 10.0. The van der Waals surface area contributed by atoms with Gasteiger partial charge in [0.05, 0.1) is 0 Å². The van der Waals surface area contributed by atoms with Gasteiger partial charge in [0, 0.05) is 5.75 Å². The highest BCUT2D eigenvalue weighted by molar-refractivity contribution is 7.98. The summed E-state index contributed by atoms with van der Waals surface area (Å²) < 4.78 is 0. The molecule has 5 nitrogen and oxygen atoms in total. The lowest BCUT2D eigenvalue weighted by molar-refractivity contribution is 0.121. The largest absolute Gasteiger partial charge is 0.367 e. The zero-order chi connectivity index (χ0) is 12.1. The van der Waals surface area contributed by atoms with Gasteiger partial charge in [-0.05, 0) is 16.9 Å². The molecule has 1 N–H and O–H groups in total. The molecule has 1 atom stereocenters. The summed E-state index contributed by atoms with van der Waals surface area (Å²) in [7, 11) is 0. The fourth-order valence-corrected chi connectivity index (χ4v) is 1.92. The molecule has 0 aliphatic heterocycles. The minimum absolute atomic E-state index is 0.537. The lowest BCUT2D eigenvalue weighted by Gasteiger charge is -2.00. The van der Waals surface area contributed by atoms with Gasteiger partial charge in [-0.2, -0.15) is 0 Å². The molecule has 0 aliphatic carbocycles. The molecule has 2 aromatic rings. The van der Waals surface area contributed by atoms with E-state index >= 15 is 0 Å². The van der Waals surface area contributed by atoms with Crippen molar-refractivity contribution in [3.8, 4) is 0 Å². The summed E-state index contributed by atoms with van der Waals surface area (Å²) in [5, 5.41) is 21.5. The Balaban J connectivity index is 1.96. The topological polar surface area (TPSA) is 63.8 Å². The lowest BCUT2D eigenvalue weighted by atomic mass is 10.2. The van der Waals surface area contributed by atoms with Crippen LogP contribution in [0.5, 0.6) is 0 Å². The predicted octanol–water partition coefficient (Wildman–Crippen LogP) is 1.64. The zero-order valence-electron chi connectivity index (χ0n) is 9.10. The van der Waals surface area contributed by atoms with Crippen LogP contribution < -0.4 is 0 Å². The van der Waals surface area contributed by atoms with E-state index in [9.17, 15) is 5.11 Å². The van der Waals surface area contributed by atoms with E-state index in [0.29, 0.717) is 5.16 Å². The molecule has 0 saturated carbocycles. The monoisotopic (exact) mass is 248 g/mol. The smallest absolute Gasteiger partial charge is 0.231 e. The number of hydrogen-bond acceptors (Lipinski definition) is 5. The summed E-state index contributed by atoms with van der Waals surface area (Å²) in [4.78, 5) is 1.13. The van der Waals surface area contributed by atoms with Crippen LogP contribution in [0.15, 0.2) is 48.1 Å². The normalized spacial score (nSPS) is 12.3. The van der Waals surface area contributed by atoms with Gasteiger partial charge in [-0.15, -0.1) is 15.0 Å². The molecule has 0 amide bonds. The first-order valence-electron chi connectivity index (χ1n) is 5.06. The maximum atomic E-state index is 9.40. The van der Waals surface area contributed by atoms with E-state index in [0.717, 1.165) is 10.5 Å². The second-order valence-electron chi connectivity index (χ2n) is 3.32. The van der Waals surface area contributed by atoms with Crippen LogP contribution in [0.1, 0.15) is 11.8 Å². The van der Waals surface area contributed by atoms with Crippen LogP contribution in [0.25, 0.3) is 0 Å². The molecule has 1 aromatic carbocycles. The number of aliphatic hydroxyl groups excluding tert-OH is 1. The molecule has 0 aliphatic rings. The van der Waals surface area contributed by atoms with E-state index in [1.165, 1.54) is 23.4 Å². The first kappa shape index (κ1) is 11.8. The van der Waals surface area contributed by atoms with Crippen LogP contribution in [0.4, 0.5) is 0 Å². The third kappa shape index (κ3) is 3.15. The van der Waals surface area contributed by atoms with Gasteiger partial charge in [0.1, 0.15) is 0 Å². The Morgan fingerprint density at radius 3 is 2.88 bits per heavy atom.